The molecule has 0 saturated carbocycles. The van der Waals surface area contributed by atoms with E-state index in [1.807, 2.05) is 6.92 Å². The molecule has 5 rings (SSSR count). The van der Waals surface area contributed by atoms with Crippen molar-refractivity contribution in [3.05, 3.63) is 108 Å². The number of morpholine rings is 1. The van der Waals surface area contributed by atoms with E-state index in [2.05, 4.69) is 15.5 Å². The zero-order valence-electron chi connectivity index (χ0n) is 23.0. The Bertz CT molecular complexity index is 1700. The molecule has 1 aliphatic heterocycles. The minimum absolute atomic E-state index is 0.0424. The number of carbonyl (C=O) groups is 2. The van der Waals surface area contributed by atoms with Gasteiger partial charge in [-0.2, -0.15) is 0 Å². The van der Waals surface area contributed by atoms with Gasteiger partial charge in [0.2, 0.25) is 0 Å². The lowest BCUT2D eigenvalue weighted by molar-refractivity contribution is 0.0383. The summed E-state index contributed by atoms with van der Waals surface area (Å²) in [5.41, 5.74) is 2.39. The van der Waals surface area contributed by atoms with Crippen molar-refractivity contribution in [1.29, 1.82) is 0 Å². The molecule has 11 heteroatoms. The zero-order chi connectivity index (χ0) is 29.7. The molecule has 218 valence electrons. The van der Waals surface area contributed by atoms with E-state index in [1.54, 1.807) is 42.5 Å². The van der Waals surface area contributed by atoms with Crippen molar-refractivity contribution in [3.8, 4) is 11.1 Å². The van der Waals surface area contributed by atoms with Gasteiger partial charge in [0.05, 0.1) is 18.1 Å². The van der Waals surface area contributed by atoms with Gasteiger partial charge in [-0.1, -0.05) is 35.9 Å². The summed E-state index contributed by atoms with van der Waals surface area (Å²) >= 11 is 0. The highest BCUT2D eigenvalue weighted by Crippen LogP contribution is 2.27. The maximum absolute atomic E-state index is 13.7. The minimum atomic E-state index is -4.12. The van der Waals surface area contributed by atoms with Crippen LogP contribution in [0, 0.1) is 12.7 Å². The minimum Gasteiger partial charge on any atom is -0.379 e. The highest BCUT2D eigenvalue weighted by molar-refractivity contribution is 7.90. The second-order valence-electron chi connectivity index (χ2n) is 9.98. The van der Waals surface area contributed by atoms with Crippen molar-refractivity contribution >= 4 is 27.5 Å². The van der Waals surface area contributed by atoms with Crippen molar-refractivity contribution in [2.45, 2.75) is 11.8 Å². The average molecular weight is 591 g/mol. The van der Waals surface area contributed by atoms with Crippen LogP contribution < -0.4 is 10.6 Å². The summed E-state index contributed by atoms with van der Waals surface area (Å²) in [6.07, 6.45) is 1.38. The highest BCUT2D eigenvalue weighted by atomic mass is 32.2. The number of hydrogen-bond donors (Lipinski definition) is 2. The first-order valence-corrected chi connectivity index (χ1v) is 14.9. The van der Waals surface area contributed by atoms with Gasteiger partial charge < -0.3 is 15.4 Å². The lowest BCUT2D eigenvalue weighted by atomic mass is 10.0. The molecule has 2 heterocycles. The molecule has 1 aromatic heterocycles. The Kier molecular flexibility index (Phi) is 8.81. The second kappa shape index (κ2) is 12.7. The third-order valence-corrected chi connectivity index (χ3v) is 8.64. The zero-order valence-corrected chi connectivity index (χ0v) is 23.9. The number of rotatable bonds is 9. The molecule has 0 spiro atoms. The van der Waals surface area contributed by atoms with Crippen LogP contribution in [0.2, 0.25) is 0 Å². The molecule has 42 heavy (non-hydrogen) atoms. The molecule has 0 atom stereocenters. The Morgan fingerprint density at radius 2 is 1.64 bits per heavy atom. The maximum atomic E-state index is 13.7. The van der Waals surface area contributed by atoms with Gasteiger partial charge in [0, 0.05) is 49.2 Å². The fourth-order valence-electron chi connectivity index (χ4n) is 4.64. The van der Waals surface area contributed by atoms with Gasteiger partial charge in [0.15, 0.2) is 0 Å². The van der Waals surface area contributed by atoms with Crippen LogP contribution in [0.3, 0.4) is 0 Å². The van der Waals surface area contributed by atoms with E-state index in [0.717, 1.165) is 22.6 Å². The lowest BCUT2D eigenvalue weighted by Crippen LogP contribution is -2.41. The number of ether oxygens (including phenoxy) is 1. The van der Waals surface area contributed by atoms with Gasteiger partial charge in [0.1, 0.15) is 11.5 Å². The average Bonchev–Trinajstić information content (AvgIpc) is 3.45. The predicted octanol–water partition coefficient (Wildman–Crippen LogP) is 4.15. The first kappa shape index (κ1) is 29.2. The third kappa shape index (κ3) is 6.76. The van der Waals surface area contributed by atoms with Crippen LogP contribution >= 0.6 is 0 Å². The molecule has 0 radical (unpaired) electrons. The van der Waals surface area contributed by atoms with E-state index in [0.29, 0.717) is 43.1 Å². The Balaban J connectivity index is 1.44. The van der Waals surface area contributed by atoms with Gasteiger partial charge in [-0.15, -0.1) is 0 Å². The smallest absolute Gasteiger partial charge is 0.269 e. The van der Waals surface area contributed by atoms with E-state index < -0.39 is 27.7 Å². The Morgan fingerprint density at radius 1 is 0.905 bits per heavy atom. The van der Waals surface area contributed by atoms with Crippen molar-refractivity contribution in [3.63, 3.8) is 0 Å². The number of hydrogen-bond acceptors (Lipinski definition) is 6. The molecule has 4 aromatic rings. The van der Waals surface area contributed by atoms with E-state index in [4.69, 9.17) is 4.74 Å². The second-order valence-corrected chi connectivity index (χ2v) is 11.8. The quantitative estimate of drug-likeness (QED) is 0.303. The summed E-state index contributed by atoms with van der Waals surface area (Å²) in [5, 5.41) is 5.50. The number of amides is 2. The molecule has 2 N–H and O–H groups in total. The molecule has 3 aromatic carbocycles. The first-order chi connectivity index (χ1) is 20.2. The highest BCUT2D eigenvalue weighted by Gasteiger charge is 2.25. The number of halogens is 1. The first-order valence-electron chi connectivity index (χ1n) is 13.5. The van der Waals surface area contributed by atoms with Gasteiger partial charge in [0.25, 0.3) is 21.8 Å². The van der Waals surface area contributed by atoms with Crippen molar-refractivity contribution in [1.82, 2.24) is 14.2 Å². The van der Waals surface area contributed by atoms with Gasteiger partial charge in [-0.25, -0.2) is 16.8 Å². The molecule has 1 saturated heterocycles. The molecule has 0 bridgehead atoms. The fraction of sp³-hybridized carbons (Fsp3) is 0.226. The van der Waals surface area contributed by atoms with Crippen LogP contribution in [0.25, 0.3) is 11.1 Å². The molecule has 2 amide bonds. The van der Waals surface area contributed by atoms with Crippen molar-refractivity contribution in [2.24, 2.45) is 0 Å². The maximum Gasteiger partial charge on any atom is 0.269 e. The lowest BCUT2D eigenvalue weighted by Gasteiger charge is -2.26. The van der Waals surface area contributed by atoms with E-state index in [9.17, 15) is 22.4 Å². The number of benzene rings is 3. The summed E-state index contributed by atoms with van der Waals surface area (Å²) in [7, 11) is -4.12. The van der Waals surface area contributed by atoms with Crippen molar-refractivity contribution in [2.75, 3.05) is 44.7 Å². The Morgan fingerprint density at radius 3 is 2.38 bits per heavy atom. The van der Waals surface area contributed by atoms with Crippen LogP contribution in [-0.4, -0.2) is 68.5 Å². The number of aryl methyl sites for hydroxylation is 1. The number of carbonyl (C=O) groups excluding carboxylic acids is 2. The van der Waals surface area contributed by atoms with Gasteiger partial charge in [-0.05, 0) is 61.0 Å². The van der Waals surface area contributed by atoms with Crippen LogP contribution in [0.15, 0.2) is 90.0 Å². The third-order valence-electron chi connectivity index (χ3n) is 6.95. The summed E-state index contributed by atoms with van der Waals surface area (Å²) < 4.78 is 47.3. The van der Waals surface area contributed by atoms with Gasteiger partial charge >= 0.3 is 0 Å². The number of nitrogens with zero attached hydrogens (tertiary/aromatic N) is 2. The molecule has 1 aliphatic rings. The SMILES string of the molecule is Cc1ccc(S(=O)(=O)n2cc(-c3cccc(C(=O)Nc4cccc(F)c4)c3)cc2C(=O)NCCN2CCOCC2)cc1. The molecular weight excluding hydrogens is 559 g/mol. The molecule has 0 unspecified atom stereocenters. The topological polar surface area (TPSA) is 110 Å². The van der Waals surface area contributed by atoms with Crippen LogP contribution in [0.1, 0.15) is 26.4 Å². The van der Waals surface area contributed by atoms with E-state index in [-0.39, 0.29) is 16.2 Å². The van der Waals surface area contributed by atoms with Crippen LogP contribution in [0.5, 0.6) is 0 Å². The summed E-state index contributed by atoms with van der Waals surface area (Å²) in [4.78, 5) is 28.5. The number of anilines is 1. The largest absolute Gasteiger partial charge is 0.379 e. The molecular formula is C31H31FN4O5S. The van der Waals surface area contributed by atoms with E-state index >= 15 is 0 Å². The number of nitrogens with one attached hydrogen (secondary N) is 2. The number of aromatic nitrogens is 1. The van der Waals surface area contributed by atoms with Crippen LogP contribution in [-0.2, 0) is 14.8 Å². The molecule has 9 nitrogen and oxygen atoms in total. The Labute approximate surface area is 244 Å². The van der Waals surface area contributed by atoms with Gasteiger partial charge in [-0.3, -0.25) is 14.5 Å². The standard InChI is InChI=1S/C31H31FN4O5S/c1-22-8-10-28(11-9-22)42(39,40)36-21-25(19-29(36)31(38)33-12-13-35-14-16-41-17-15-35)23-4-2-5-24(18-23)30(37)34-27-7-3-6-26(32)20-27/h2-11,18-21H,12-17H2,1H3,(H,33,38)(H,34,37). The van der Waals surface area contributed by atoms with E-state index in [1.165, 1.54) is 42.6 Å². The monoisotopic (exact) mass is 590 g/mol. The molecule has 0 aliphatic carbocycles. The molecule has 1 fully saturated rings. The van der Waals surface area contributed by atoms with Crippen molar-refractivity contribution < 1.29 is 27.1 Å². The summed E-state index contributed by atoms with van der Waals surface area (Å²) in [6, 6.07) is 20.0. The predicted molar refractivity (Wildman–Crippen MR) is 158 cm³/mol. The fourth-order valence-corrected chi connectivity index (χ4v) is 6.00. The normalized spacial score (nSPS) is 14.0. The Hall–Kier alpha value is -4.32. The summed E-state index contributed by atoms with van der Waals surface area (Å²) in [6.45, 7) is 5.59. The summed E-state index contributed by atoms with van der Waals surface area (Å²) in [5.74, 6) is -1.48. The van der Waals surface area contributed by atoms with Crippen LogP contribution in [0.4, 0.5) is 10.1 Å².